The van der Waals surface area contributed by atoms with Gasteiger partial charge in [-0.2, -0.15) is 0 Å². The van der Waals surface area contributed by atoms with E-state index in [9.17, 15) is 0 Å². The van der Waals surface area contributed by atoms with Crippen molar-refractivity contribution in [1.82, 2.24) is 0 Å². The zero-order valence-electron chi connectivity index (χ0n) is 12.3. The van der Waals surface area contributed by atoms with Gasteiger partial charge in [0, 0.05) is 11.6 Å². The first kappa shape index (κ1) is 12.0. The van der Waals surface area contributed by atoms with E-state index in [2.05, 4.69) is 78.1 Å². The molecule has 3 aromatic carbocycles. The lowest BCUT2D eigenvalue weighted by molar-refractivity contribution is 0.624. The average molecular weight is 283 g/mol. The molecule has 0 spiro atoms. The molecule has 0 amide bonds. The van der Waals surface area contributed by atoms with Crippen LogP contribution in [0.1, 0.15) is 5.56 Å². The quantitative estimate of drug-likeness (QED) is 0.668. The van der Waals surface area contributed by atoms with Crippen molar-refractivity contribution in [3.05, 3.63) is 76.7 Å². The minimum absolute atomic E-state index is 0.406. The average Bonchev–Trinajstić information content (AvgIpc) is 2.56. The summed E-state index contributed by atoms with van der Waals surface area (Å²) >= 11 is 0. The van der Waals surface area contributed by atoms with Crippen molar-refractivity contribution in [2.24, 2.45) is 5.92 Å². The van der Waals surface area contributed by atoms with Crippen LogP contribution in [-0.4, -0.2) is 6.04 Å². The Morgan fingerprint density at radius 2 is 1.45 bits per heavy atom. The third-order valence-electron chi connectivity index (χ3n) is 4.96. The van der Waals surface area contributed by atoms with E-state index in [1.54, 1.807) is 0 Å². The Hall–Kier alpha value is -2.54. The lowest BCUT2D eigenvalue weighted by Crippen LogP contribution is -2.41. The highest BCUT2D eigenvalue weighted by Gasteiger charge is 2.26. The molecule has 22 heavy (non-hydrogen) atoms. The molecule has 1 heteroatoms. The number of benzene rings is 3. The van der Waals surface area contributed by atoms with Crippen LogP contribution < -0.4 is 15.8 Å². The highest BCUT2D eigenvalue weighted by atomic mass is 14.9. The Morgan fingerprint density at radius 1 is 0.773 bits per heavy atom. The van der Waals surface area contributed by atoms with Gasteiger partial charge in [0.15, 0.2) is 0 Å². The van der Waals surface area contributed by atoms with Crippen LogP contribution in [0.2, 0.25) is 0 Å². The molecule has 0 saturated carbocycles. The van der Waals surface area contributed by atoms with E-state index < -0.39 is 0 Å². The smallest absolute Gasteiger partial charge is 0.0519 e. The van der Waals surface area contributed by atoms with Crippen molar-refractivity contribution in [3.8, 4) is 0 Å². The number of rotatable bonds is 0. The first-order valence-electron chi connectivity index (χ1n) is 7.94. The molecule has 1 heterocycles. The Bertz CT molecular complexity index is 918. The molecule has 0 aromatic heterocycles. The van der Waals surface area contributed by atoms with Crippen LogP contribution in [-0.2, 0) is 6.42 Å². The summed E-state index contributed by atoms with van der Waals surface area (Å²) in [5, 5.41) is 9.11. The summed E-state index contributed by atoms with van der Waals surface area (Å²) in [6.07, 6.45) is 5.94. The molecule has 1 aliphatic carbocycles. The number of hydrogen-bond donors (Lipinski definition) is 1. The maximum Gasteiger partial charge on any atom is 0.0519 e. The number of nitrogens with one attached hydrogen (secondary N) is 1. The fourth-order valence-corrected chi connectivity index (χ4v) is 3.82. The summed E-state index contributed by atoms with van der Waals surface area (Å²) < 4.78 is 0. The van der Waals surface area contributed by atoms with Crippen LogP contribution in [0.5, 0.6) is 0 Å². The van der Waals surface area contributed by atoms with Crippen molar-refractivity contribution < 1.29 is 0 Å². The van der Waals surface area contributed by atoms with E-state index in [0.717, 1.165) is 6.42 Å². The van der Waals surface area contributed by atoms with E-state index in [-0.39, 0.29) is 0 Å². The second-order valence-corrected chi connectivity index (χ2v) is 6.36. The summed E-state index contributed by atoms with van der Waals surface area (Å²) in [6, 6.07) is 22.3. The Kier molecular flexibility index (Phi) is 2.45. The summed E-state index contributed by atoms with van der Waals surface area (Å²) in [5.74, 6) is 0.545. The predicted molar refractivity (Wildman–Crippen MR) is 93.2 cm³/mol. The number of fused-ring (bicyclic) bond motifs is 4. The minimum Gasteiger partial charge on any atom is -0.378 e. The Balaban J connectivity index is 1.66. The van der Waals surface area contributed by atoms with Gasteiger partial charge in [0.2, 0.25) is 0 Å². The fraction of sp³-hybridized carbons (Fsp3) is 0.143. The molecular formula is C21H17N. The third kappa shape index (κ3) is 1.79. The van der Waals surface area contributed by atoms with Crippen molar-refractivity contribution in [2.45, 2.75) is 12.5 Å². The first-order valence-corrected chi connectivity index (χ1v) is 7.94. The first-order chi connectivity index (χ1) is 10.9. The van der Waals surface area contributed by atoms with Gasteiger partial charge >= 0.3 is 0 Å². The lowest BCUT2D eigenvalue weighted by atomic mass is 9.83. The maximum absolute atomic E-state index is 3.75. The number of hydrogen-bond acceptors (Lipinski definition) is 1. The second kappa shape index (κ2) is 4.48. The topological polar surface area (TPSA) is 12.0 Å². The largest absolute Gasteiger partial charge is 0.378 e. The Morgan fingerprint density at radius 3 is 2.27 bits per heavy atom. The zero-order chi connectivity index (χ0) is 14.5. The highest BCUT2D eigenvalue weighted by Crippen LogP contribution is 2.33. The van der Waals surface area contributed by atoms with Gasteiger partial charge in [0.25, 0.3) is 0 Å². The van der Waals surface area contributed by atoms with Crippen LogP contribution in [0.15, 0.2) is 60.7 Å². The monoisotopic (exact) mass is 283 g/mol. The summed E-state index contributed by atoms with van der Waals surface area (Å²) in [7, 11) is 0. The van der Waals surface area contributed by atoms with Crippen molar-refractivity contribution in [2.75, 3.05) is 5.32 Å². The molecule has 5 rings (SSSR count). The van der Waals surface area contributed by atoms with Gasteiger partial charge < -0.3 is 5.32 Å². The Labute approximate surface area is 129 Å². The van der Waals surface area contributed by atoms with E-state index in [1.807, 2.05) is 0 Å². The molecule has 2 atom stereocenters. The van der Waals surface area contributed by atoms with E-state index in [4.69, 9.17) is 0 Å². The molecule has 0 saturated heterocycles. The molecule has 0 fully saturated rings. The normalized spacial score (nSPS) is 21.6. The molecule has 3 aromatic rings. The number of anilines is 1. The van der Waals surface area contributed by atoms with Crippen molar-refractivity contribution in [1.29, 1.82) is 0 Å². The van der Waals surface area contributed by atoms with Crippen LogP contribution in [0.25, 0.3) is 22.9 Å². The summed E-state index contributed by atoms with van der Waals surface area (Å²) in [6.45, 7) is 0. The van der Waals surface area contributed by atoms with Crippen molar-refractivity contribution in [3.63, 3.8) is 0 Å². The molecule has 1 N–H and O–H groups in total. The van der Waals surface area contributed by atoms with E-state index >= 15 is 0 Å². The van der Waals surface area contributed by atoms with Crippen LogP contribution in [0.3, 0.4) is 0 Å². The van der Waals surface area contributed by atoms with Crippen LogP contribution >= 0.6 is 0 Å². The SMILES string of the molecule is C1=c2ccccc2=CC2Nc3cc4ccccc4cc3CC12. The molecule has 2 aliphatic rings. The second-order valence-electron chi connectivity index (χ2n) is 6.36. The molecular weight excluding hydrogens is 266 g/mol. The molecule has 2 unspecified atom stereocenters. The maximum atomic E-state index is 3.75. The molecule has 1 nitrogen and oxygen atoms in total. The fourth-order valence-electron chi connectivity index (χ4n) is 3.82. The molecule has 0 bridgehead atoms. The summed E-state index contributed by atoms with van der Waals surface area (Å²) in [4.78, 5) is 0. The molecule has 106 valence electrons. The van der Waals surface area contributed by atoms with Gasteiger partial charge in [-0.1, -0.05) is 60.7 Å². The molecule has 1 aliphatic heterocycles. The predicted octanol–water partition coefficient (Wildman–Crippen LogP) is 3.07. The minimum atomic E-state index is 0.406. The molecule has 0 radical (unpaired) electrons. The lowest BCUT2D eigenvalue weighted by Gasteiger charge is -2.33. The van der Waals surface area contributed by atoms with Gasteiger partial charge in [-0.25, -0.2) is 0 Å². The van der Waals surface area contributed by atoms with Gasteiger partial charge in [0.1, 0.15) is 0 Å². The van der Waals surface area contributed by atoms with E-state index in [0.29, 0.717) is 12.0 Å². The van der Waals surface area contributed by atoms with Gasteiger partial charge in [-0.05, 0) is 45.3 Å². The zero-order valence-corrected chi connectivity index (χ0v) is 12.3. The van der Waals surface area contributed by atoms with Crippen molar-refractivity contribution >= 4 is 28.6 Å². The van der Waals surface area contributed by atoms with Gasteiger partial charge in [0.05, 0.1) is 6.04 Å². The standard InChI is InChI=1S/C21H17N/c1-3-7-16-12-20-18(9-14(16)5-1)11-19-10-15-6-2-4-8-17(15)13-21(19)22-20/h1-10,12-13,18,20,22H,11H2. The summed E-state index contributed by atoms with van der Waals surface area (Å²) in [5.41, 5.74) is 2.73. The van der Waals surface area contributed by atoms with Gasteiger partial charge in [-0.3, -0.25) is 0 Å². The van der Waals surface area contributed by atoms with Crippen LogP contribution in [0, 0.1) is 5.92 Å². The van der Waals surface area contributed by atoms with E-state index in [1.165, 1.54) is 32.5 Å². The third-order valence-corrected chi connectivity index (χ3v) is 4.96. The van der Waals surface area contributed by atoms with Gasteiger partial charge in [-0.15, -0.1) is 0 Å². The van der Waals surface area contributed by atoms with Crippen LogP contribution in [0.4, 0.5) is 5.69 Å². The highest BCUT2D eigenvalue weighted by molar-refractivity contribution is 5.88.